The molecule has 0 aliphatic rings. The third-order valence-corrected chi connectivity index (χ3v) is 3.59. The van der Waals surface area contributed by atoms with E-state index in [9.17, 15) is 4.79 Å². The molecule has 2 aromatic rings. The quantitative estimate of drug-likeness (QED) is 0.687. The van der Waals surface area contributed by atoms with Crippen LogP contribution in [0.3, 0.4) is 0 Å². The SMILES string of the molecule is Cc1cc(Oc2ccc(C(=O)O)cc2)ccc1N(CCO)CCO. The molecule has 2 rings (SSSR count). The first-order valence-electron chi connectivity index (χ1n) is 7.63. The molecule has 0 atom stereocenters. The van der Waals surface area contributed by atoms with Gasteiger partial charge in [0.15, 0.2) is 0 Å². The lowest BCUT2D eigenvalue weighted by atomic mass is 10.1. The Morgan fingerprint density at radius 3 is 2.08 bits per heavy atom. The second-order valence-electron chi connectivity index (χ2n) is 5.31. The summed E-state index contributed by atoms with van der Waals surface area (Å²) < 4.78 is 5.74. The summed E-state index contributed by atoms with van der Waals surface area (Å²) in [7, 11) is 0. The van der Waals surface area contributed by atoms with Gasteiger partial charge in [0.1, 0.15) is 11.5 Å². The highest BCUT2D eigenvalue weighted by molar-refractivity contribution is 5.87. The lowest BCUT2D eigenvalue weighted by Gasteiger charge is -2.25. The van der Waals surface area contributed by atoms with E-state index in [4.69, 9.17) is 20.1 Å². The number of aliphatic hydroxyl groups is 2. The van der Waals surface area contributed by atoms with Crippen LogP contribution >= 0.6 is 0 Å². The zero-order chi connectivity index (χ0) is 17.5. The Balaban J connectivity index is 2.15. The number of hydrogen-bond donors (Lipinski definition) is 3. The van der Waals surface area contributed by atoms with E-state index in [-0.39, 0.29) is 18.8 Å². The minimum atomic E-state index is -0.977. The van der Waals surface area contributed by atoms with Gasteiger partial charge in [-0.3, -0.25) is 0 Å². The van der Waals surface area contributed by atoms with Gasteiger partial charge in [0, 0.05) is 18.8 Å². The van der Waals surface area contributed by atoms with Crippen molar-refractivity contribution in [3.8, 4) is 11.5 Å². The molecule has 24 heavy (non-hydrogen) atoms. The summed E-state index contributed by atoms with van der Waals surface area (Å²) in [6, 6.07) is 11.7. The monoisotopic (exact) mass is 331 g/mol. The van der Waals surface area contributed by atoms with E-state index in [1.807, 2.05) is 24.0 Å². The van der Waals surface area contributed by atoms with Gasteiger partial charge >= 0.3 is 5.97 Å². The minimum absolute atomic E-state index is 0.00756. The fourth-order valence-electron chi connectivity index (χ4n) is 2.44. The molecule has 0 aliphatic heterocycles. The van der Waals surface area contributed by atoms with Gasteiger partial charge in [-0.05, 0) is 55.0 Å². The van der Waals surface area contributed by atoms with Crippen molar-refractivity contribution in [3.63, 3.8) is 0 Å². The molecular formula is C18H21NO5. The Labute approximate surface area is 140 Å². The second kappa shape index (κ2) is 8.33. The predicted molar refractivity (Wildman–Crippen MR) is 91.0 cm³/mol. The summed E-state index contributed by atoms with van der Waals surface area (Å²) in [5.41, 5.74) is 2.08. The Bertz CT molecular complexity index is 678. The highest BCUT2D eigenvalue weighted by atomic mass is 16.5. The zero-order valence-corrected chi connectivity index (χ0v) is 13.5. The van der Waals surface area contributed by atoms with Crippen LogP contribution in [0.5, 0.6) is 11.5 Å². The third kappa shape index (κ3) is 4.47. The average molecular weight is 331 g/mol. The normalized spacial score (nSPS) is 10.5. The van der Waals surface area contributed by atoms with Gasteiger partial charge in [-0.25, -0.2) is 4.79 Å². The van der Waals surface area contributed by atoms with Gasteiger partial charge in [-0.1, -0.05) is 0 Å². The highest BCUT2D eigenvalue weighted by Gasteiger charge is 2.10. The molecule has 0 amide bonds. The van der Waals surface area contributed by atoms with E-state index in [2.05, 4.69) is 0 Å². The summed E-state index contributed by atoms with van der Waals surface area (Å²) in [4.78, 5) is 12.7. The molecule has 0 heterocycles. The smallest absolute Gasteiger partial charge is 0.335 e. The van der Waals surface area contributed by atoms with Crippen molar-refractivity contribution in [1.82, 2.24) is 0 Å². The van der Waals surface area contributed by atoms with Crippen LogP contribution in [0.15, 0.2) is 42.5 Å². The van der Waals surface area contributed by atoms with Gasteiger partial charge in [-0.2, -0.15) is 0 Å². The molecule has 2 aromatic carbocycles. The summed E-state index contributed by atoms with van der Waals surface area (Å²) >= 11 is 0. The fourth-order valence-corrected chi connectivity index (χ4v) is 2.44. The topological polar surface area (TPSA) is 90.2 Å². The maximum atomic E-state index is 10.8. The standard InChI is InChI=1S/C18H21NO5/c1-13-12-16(6-7-17(13)19(8-10-20)9-11-21)24-15-4-2-14(3-5-15)18(22)23/h2-7,12,20-21H,8-11H2,1H3,(H,22,23). The Kier molecular flexibility index (Phi) is 6.17. The maximum Gasteiger partial charge on any atom is 0.335 e. The summed E-state index contributed by atoms with van der Waals surface area (Å²) in [6.07, 6.45) is 0. The van der Waals surface area contributed by atoms with Crippen LogP contribution in [0.25, 0.3) is 0 Å². The lowest BCUT2D eigenvalue weighted by Crippen LogP contribution is -2.30. The van der Waals surface area contributed by atoms with Crippen LogP contribution in [-0.4, -0.2) is 47.6 Å². The molecule has 0 aromatic heterocycles. The van der Waals surface area contributed by atoms with Gasteiger partial charge in [0.25, 0.3) is 0 Å². The van der Waals surface area contributed by atoms with Crippen LogP contribution < -0.4 is 9.64 Å². The number of carbonyl (C=O) groups is 1. The summed E-state index contributed by atoms with van der Waals surface area (Å²) in [5.74, 6) is 0.205. The van der Waals surface area contributed by atoms with Crippen LogP contribution in [0, 0.1) is 6.92 Å². The van der Waals surface area contributed by atoms with Gasteiger partial charge in [0.2, 0.25) is 0 Å². The van der Waals surface area contributed by atoms with Crippen LogP contribution in [0.2, 0.25) is 0 Å². The fraction of sp³-hybridized carbons (Fsp3) is 0.278. The molecule has 128 valence electrons. The number of hydrogen-bond acceptors (Lipinski definition) is 5. The van der Waals surface area contributed by atoms with E-state index < -0.39 is 5.97 Å². The summed E-state index contributed by atoms with van der Waals surface area (Å²) in [6.45, 7) is 2.83. The van der Waals surface area contributed by atoms with Gasteiger partial charge in [-0.15, -0.1) is 0 Å². The average Bonchev–Trinajstić information content (AvgIpc) is 2.55. The lowest BCUT2D eigenvalue weighted by molar-refractivity contribution is 0.0697. The van der Waals surface area contributed by atoms with Crippen molar-refractivity contribution < 1.29 is 24.9 Å². The predicted octanol–water partition coefficient (Wildman–Crippen LogP) is 2.28. The van der Waals surface area contributed by atoms with Crippen molar-refractivity contribution in [2.24, 2.45) is 0 Å². The van der Waals surface area contributed by atoms with Gasteiger partial charge in [0.05, 0.1) is 18.8 Å². The molecule has 0 aliphatic carbocycles. The molecule has 6 nitrogen and oxygen atoms in total. The minimum Gasteiger partial charge on any atom is -0.478 e. The van der Waals surface area contributed by atoms with Crippen molar-refractivity contribution in [1.29, 1.82) is 0 Å². The molecule has 0 unspecified atom stereocenters. The largest absolute Gasteiger partial charge is 0.478 e. The number of carboxylic acid groups (broad SMARTS) is 1. The van der Waals surface area contributed by atoms with Crippen molar-refractivity contribution in [2.45, 2.75) is 6.92 Å². The number of aryl methyl sites for hydroxylation is 1. The third-order valence-electron chi connectivity index (χ3n) is 3.59. The number of anilines is 1. The second-order valence-corrected chi connectivity index (χ2v) is 5.31. The Morgan fingerprint density at radius 1 is 1.00 bits per heavy atom. The van der Waals surface area contributed by atoms with E-state index in [1.54, 1.807) is 18.2 Å². The molecule has 6 heteroatoms. The first-order chi connectivity index (χ1) is 11.5. The van der Waals surface area contributed by atoms with E-state index in [0.29, 0.717) is 24.6 Å². The molecule has 0 saturated carbocycles. The van der Waals surface area contributed by atoms with E-state index in [0.717, 1.165) is 11.3 Å². The number of benzene rings is 2. The Hall–Kier alpha value is -2.57. The first kappa shape index (κ1) is 17.8. The first-order valence-corrected chi connectivity index (χ1v) is 7.63. The van der Waals surface area contributed by atoms with E-state index >= 15 is 0 Å². The van der Waals surface area contributed by atoms with Crippen LogP contribution in [0.1, 0.15) is 15.9 Å². The highest BCUT2D eigenvalue weighted by Crippen LogP contribution is 2.28. The number of aliphatic hydroxyl groups excluding tert-OH is 2. The molecule has 0 fully saturated rings. The molecule has 0 saturated heterocycles. The number of nitrogens with zero attached hydrogens (tertiary/aromatic N) is 1. The van der Waals surface area contributed by atoms with Crippen molar-refractivity contribution in [3.05, 3.63) is 53.6 Å². The number of ether oxygens (including phenoxy) is 1. The van der Waals surface area contributed by atoms with E-state index in [1.165, 1.54) is 12.1 Å². The molecule has 0 radical (unpaired) electrons. The van der Waals surface area contributed by atoms with Crippen LogP contribution in [0.4, 0.5) is 5.69 Å². The van der Waals surface area contributed by atoms with Crippen molar-refractivity contribution in [2.75, 3.05) is 31.2 Å². The molecule has 0 spiro atoms. The molecular weight excluding hydrogens is 310 g/mol. The Morgan fingerprint density at radius 2 is 1.58 bits per heavy atom. The van der Waals surface area contributed by atoms with Crippen molar-refractivity contribution >= 4 is 11.7 Å². The van der Waals surface area contributed by atoms with Gasteiger partial charge < -0.3 is 25.0 Å². The number of rotatable bonds is 8. The van der Waals surface area contributed by atoms with Crippen LogP contribution in [-0.2, 0) is 0 Å². The summed E-state index contributed by atoms with van der Waals surface area (Å²) in [5, 5.41) is 27.2. The number of carboxylic acids is 1. The molecule has 0 bridgehead atoms. The molecule has 3 N–H and O–H groups in total. The zero-order valence-electron chi connectivity index (χ0n) is 13.5. The number of aromatic carboxylic acids is 1. The maximum absolute atomic E-state index is 10.8.